The third kappa shape index (κ3) is 5.92. The van der Waals surface area contributed by atoms with Crippen LogP contribution < -0.4 is 9.47 Å². The van der Waals surface area contributed by atoms with Gasteiger partial charge in [0.05, 0.1) is 14.2 Å². The summed E-state index contributed by atoms with van der Waals surface area (Å²) in [4.78, 5) is 30.9. The van der Waals surface area contributed by atoms with Crippen molar-refractivity contribution in [3.8, 4) is 11.5 Å². The Morgan fingerprint density at radius 3 is 2.21 bits per heavy atom. The molecule has 0 amide bonds. The SMILES string of the molecule is COc1cccc(OC)c1C1=N[C@](Cc2ccccc2)([C@H](C)/C=C/CC(=O)/C=C/c2ccccc2)C(=O)O1. The largest absolute Gasteiger partial charge is 0.496 e. The third-order valence-electron chi connectivity index (χ3n) is 6.56. The topological polar surface area (TPSA) is 74.2 Å². The van der Waals surface area contributed by atoms with Crippen molar-refractivity contribution in [2.75, 3.05) is 14.2 Å². The molecule has 0 N–H and O–H groups in total. The van der Waals surface area contributed by atoms with E-state index in [0.29, 0.717) is 23.5 Å². The molecular weight excluding hydrogens is 478 g/mol. The first kappa shape index (κ1) is 26.6. The molecule has 0 spiro atoms. The van der Waals surface area contributed by atoms with Gasteiger partial charge in [-0.05, 0) is 29.3 Å². The lowest BCUT2D eigenvalue weighted by molar-refractivity contribution is -0.140. The maximum atomic E-state index is 13.6. The Balaban J connectivity index is 1.63. The Labute approximate surface area is 223 Å². The predicted octanol–water partition coefficient (Wildman–Crippen LogP) is 5.85. The van der Waals surface area contributed by atoms with Gasteiger partial charge in [0.15, 0.2) is 11.3 Å². The second kappa shape index (κ2) is 12.2. The zero-order chi connectivity index (χ0) is 27.0. The number of benzene rings is 3. The average molecular weight is 510 g/mol. The molecule has 3 aromatic rings. The minimum atomic E-state index is -1.22. The molecule has 2 atom stereocenters. The third-order valence-corrected chi connectivity index (χ3v) is 6.56. The number of allylic oxidation sites excluding steroid dienone is 2. The van der Waals surface area contributed by atoms with Gasteiger partial charge in [-0.1, -0.05) is 91.9 Å². The van der Waals surface area contributed by atoms with Crippen molar-refractivity contribution < 1.29 is 23.8 Å². The van der Waals surface area contributed by atoms with E-state index in [1.807, 2.05) is 73.7 Å². The van der Waals surface area contributed by atoms with Gasteiger partial charge in [-0.15, -0.1) is 0 Å². The Bertz CT molecular complexity index is 1340. The minimum absolute atomic E-state index is 0.0358. The van der Waals surface area contributed by atoms with E-state index in [9.17, 15) is 9.59 Å². The summed E-state index contributed by atoms with van der Waals surface area (Å²) in [5.41, 5.74) is 1.17. The molecule has 3 aromatic carbocycles. The van der Waals surface area contributed by atoms with E-state index in [1.54, 1.807) is 50.6 Å². The van der Waals surface area contributed by atoms with Crippen LogP contribution in [0.4, 0.5) is 0 Å². The Hall–Kier alpha value is -4.45. The lowest BCUT2D eigenvalue weighted by Gasteiger charge is -2.27. The number of hydrogen-bond donors (Lipinski definition) is 0. The van der Waals surface area contributed by atoms with Crippen molar-refractivity contribution in [3.63, 3.8) is 0 Å². The van der Waals surface area contributed by atoms with Crippen molar-refractivity contribution >= 4 is 23.7 Å². The fourth-order valence-corrected chi connectivity index (χ4v) is 4.43. The highest BCUT2D eigenvalue weighted by Gasteiger charge is 2.50. The fourth-order valence-electron chi connectivity index (χ4n) is 4.43. The number of nitrogens with zero attached hydrogens (tertiary/aromatic N) is 1. The monoisotopic (exact) mass is 509 g/mol. The Morgan fingerprint density at radius 2 is 1.58 bits per heavy atom. The van der Waals surface area contributed by atoms with Crippen LogP contribution in [-0.4, -0.2) is 37.4 Å². The van der Waals surface area contributed by atoms with Gasteiger partial charge in [0.1, 0.15) is 17.1 Å². The fraction of sp³-hybridized carbons (Fsp3) is 0.219. The van der Waals surface area contributed by atoms with E-state index in [1.165, 1.54) is 0 Å². The lowest BCUT2D eigenvalue weighted by Crippen LogP contribution is -2.42. The van der Waals surface area contributed by atoms with Crippen LogP contribution in [0.2, 0.25) is 0 Å². The van der Waals surface area contributed by atoms with E-state index in [-0.39, 0.29) is 24.0 Å². The molecule has 6 nitrogen and oxygen atoms in total. The zero-order valence-corrected chi connectivity index (χ0v) is 21.8. The highest BCUT2D eigenvalue weighted by molar-refractivity contribution is 6.11. The first-order chi connectivity index (χ1) is 18.5. The summed E-state index contributed by atoms with van der Waals surface area (Å²) in [6.45, 7) is 1.91. The highest BCUT2D eigenvalue weighted by Crippen LogP contribution is 2.39. The summed E-state index contributed by atoms with van der Waals surface area (Å²) in [6.07, 6.45) is 7.56. The molecular formula is C32H31NO5. The number of hydrogen-bond acceptors (Lipinski definition) is 6. The molecule has 1 aliphatic rings. The zero-order valence-electron chi connectivity index (χ0n) is 21.8. The normalized spacial score (nSPS) is 17.9. The maximum Gasteiger partial charge on any atom is 0.341 e. The number of aliphatic imine (C=N–C) groups is 1. The molecule has 6 heteroatoms. The van der Waals surface area contributed by atoms with Crippen LogP contribution in [0.3, 0.4) is 0 Å². The van der Waals surface area contributed by atoms with Crippen molar-refractivity contribution in [1.29, 1.82) is 0 Å². The highest BCUT2D eigenvalue weighted by atomic mass is 16.6. The van der Waals surface area contributed by atoms with Gasteiger partial charge in [0, 0.05) is 18.8 Å². The van der Waals surface area contributed by atoms with Gasteiger partial charge in [0.25, 0.3) is 0 Å². The number of ketones is 1. The van der Waals surface area contributed by atoms with Crippen LogP contribution in [0, 0.1) is 5.92 Å². The number of methoxy groups -OCH3 is 2. The summed E-state index contributed by atoms with van der Waals surface area (Å²) in [6, 6.07) is 24.7. The number of esters is 1. The van der Waals surface area contributed by atoms with Gasteiger partial charge in [-0.25, -0.2) is 9.79 Å². The second-order valence-electron chi connectivity index (χ2n) is 9.06. The van der Waals surface area contributed by atoms with Gasteiger partial charge >= 0.3 is 5.97 Å². The molecule has 38 heavy (non-hydrogen) atoms. The standard InChI is InChI=1S/C32H31NO5/c1-23(12-10-17-26(34)21-20-24-13-6-4-7-14-24)32(22-25-15-8-5-9-16-25)31(35)38-30(33-32)29-27(36-2)18-11-19-28(29)37-3/h4-16,18-21,23H,17,22H2,1-3H3/b12-10+,21-20+/t23-,32-/m1/s1. The molecule has 0 bridgehead atoms. The minimum Gasteiger partial charge on any atom is -0.496 e. The smallest absolute Gasteiger partial charge is 0.341 e. The molecule has 0 aliphatic carbocycles. The summed E-state index contributed by atoms with van der Waals surface area (Å²) >= 11 is 0. The van der Waals surface area contributed by atoms with Crippen LogP contribution >= 0.6 is 0 Å². The molecule has 0 aromatic heterocycles. The lowest BCUT2D eigenvalue weighted by atomic mass is 9.80. The van der Waals surface area contributed by atoms with E-state index >= 15 is 0 Å². The summed E-state index contributed by atoms with van der Waals surface area (Å²) in [7, 11) is 3.09. The first-order valence-electron chi connectivity index (χ1n) is 12.5. The molecule has 0 saturated carbocycles. The average Bonchev–Trinajstić information content (AvgIpc) is 3.28. The number of ether oxygens (including phenoxy) is 3. The number of cyclic esters (lactones) is 1. The van der Waals surface area contributed by atoms with Crippen LogP contribution in [0.1, 0.15) is 30.0 Å². The van der Waals surface area contributed by atoms with Crippen LogP contribution in [0.25, 0.3) is 6.08 Å². The van der Waals surface area contributed by atoms with Crippen molar-refractivity contribution in [1.82, 2.24) is 0 Å². The molecule has 1 heterocycles. The Morgan fingerprint density at radius 1 is 0.947 bits per heavy atom. The molecule has 0 fully saturated rings. The molecule has 1 aliphatic heterocycles. The quantitative estimate of drug-likeness (QED) is 0.184. The number of carbonyl (C=O) groups excluding carboxylic acids is 2. The van der Waals surface area contributed by atoms with E-state index in [2.05, 4.69) is 0 Å². The molecule has 194 valence electrons. The summed E-state index contributed by atoms with van der Waals surface area (Å²) < 4.78 is 16.8. The van der Waals surface area contributed by atoms with Crippen LogP contribution in [0.15, 0.2) is 102 Å². The number of carbonyl (C=O) groups is 2. The second-order valence-corrected chi connectivity index (χ2v) is 9.06. The molecule has 4 rings (SSSR count). The van der Waals surface area contributed by atoms with Crippen LogP contribution in [-0.2, 0) is 20.7 Å². The van der Waals surface area contributed by atoms with Crippen molar-refractivity contribution in [3.05, 3.63) is 114 Å². The number of rotatable bonds is 11. The molecule has 0 saturated heterocycles. The van der Waals surface area contributed by atoms with Crippen LogP contribution in [0.5, 0.6) is 11.5 Å². The molecule has 0 unspecified atom stereocenters. The Kier molecular flexibility index (Phi) is 8.54. The first-order valence-corrected chi connectivity index (χ1v) is 12.5. The summed E-state index contributed by atoms with van der Waals surface area (Å²) in [5.74, 6) is 0.278. The molecule has 0 radical (unpaired) electrons. The van der Waals surface area contributed by atoms with E-state index in [0.717, 1.165) is 11.1 Å². The van der Waals surface area contributed by atoms with Gasteiger partial charge in [0.2, 0.25) is 5.90 Å². The van der Waals surface area contributed by atoms with Gasteiger partial charge in [-0.3, -0.25) is 4.79 Å². The summed E-state index contributed by atoms with van der Waals surface area (Å²) in [5, 5.41) is 0. The predicted molar refractivity (Wildman–Crippen MR) is 148 cm³/mol. The van der Waals surface area contributed by atoms with Crippen molar-refractivity contribution in [2.24, 2.45) is 10.9 Å². The van der Waals surface area contributed by atoms with Gasteiger partial charge in [-0.2, -0.15) is 0 Å². The van der Waals surface area contributed by atoms with Crippen molar-refractivity contribution in [2.45, 2.75) is 25.3 Å². The van der Waals surface area contributed by atoms with Gasteiger partial charge < -0.3 is 14.2 Å². The van der Waals surface area contributed by atoms with E-state index in [4.69, 9.17) is 19.2 Å². The van der Waals surface area contributed by atoms with E-state index < -0.39 is 11.5 Å². The maximum absolute atomic E-state index is 13.6.